The van der Waals surface area contributed by atoms with Gasteiger partial charge in [0.25, 0.3) is 0 Å². The Morgan fingerprint density at radius 3 is 2.44 bits per heavy atom. The van der Waals surface area contributed by atoms with Gasteiger partial charge >= 0.3 is 0 Å². The van der Waals surface area contributed by atoms with Gasteiger partial charge in [0.1, 0.15) is 11.5 Å². The SMILES string of the molecule is C[C@@H]1CN(CCc2ccc(N)cc2)[C@H](c2nn(-c3ccc(Br)cc3)cc2-c2ccc(F)cc2)O1. The molecule has 2 atom stereocenters. The van der Waals surface area contributed by atoms with Crippen molar-refractivity contribution in [2.75, 3.05) is 18.8 Å². The van der Waals surface area contributed by atoms with Gasteiger partial charge < -0.3 is 10.5 Å². The topological polar surface area (TPSA) is 56.3 Å². The first kappa shape index (κ1) is 22.8. The molecule has 1 fully saturated rings. The molecule has 2 N–H and O–H groups in total. The summed E-state index contributed by atoms with van der Waals surface area (Å²) in [6.45, 7) is 3.72. The first-order chi connectivity index (χ1) is 16.5. The van der Waals surface area contributed by atoms with Crippen molar-refractivity contribution in [3.63, 3.8) is 0 Å². The second kappa shape index (κ2) is 9.70. The summed E-state index contributed by atoms with van der Waals surface area (Å²) in [6.07, 6.45) is 2.67. The number of hydrogen-bond donors (Lipinski definition) is 1. The maximum Gasteiger partial charge on any atom is 0.156 e. The molecule has 1 aromatic heterocycles. The second-order valence-electron chi connectivity index (χ2n) is 8.64. The summed E-state index contributed by atoms with van der Waals surface area (Å²) in [4.78, 5) is 2.32. The Morgan fingerprint density at radius 1 is 1.03 bits per heavy atom. The lowest BCUT2D eigenvalue weighted by atomic mass is 10.1. The van der Waals surface area contributed by atoms with E-state index in [0.29, 0.717) is 0 Å². The van der Waals surface area contributed by atoms with E-state index in [0.717, 1.165) is 52.2 Å². The first-order valence-electron chi connectivity index (χ1n) is 11.3. The molecule has 1 aliphatic heterocycles. The number of nitrogen functional groups attached to an aromatic ring is 1. The summed E-state index contributed by atoms with van der Waals surface area (Å²) in [5, 5.41) is 4.97. The summed E-state index contributed by atoms with van der Waals surface area (Å²) < 4.78 is 22.9. The molecule has 0 unspecified atom stereocenters. The van der Waals surface area contributed by atoms with Gasteiger partial charge in [0.15, 0.2) is 6.23 Å². The highest BCUT2D eigenvalue weighted by Crippen LogP contribution is 2.36. The van der Waals surface area contributed by atoms with Crippen LogP contribution in [0.1, 0.15) is 24.4 Å². The number of halogens is 2. The minimum Gasteiger partial charge on any atom is -0.399 e. The van der Waals surface area contributed by atoms with Crippen LogP contribution in [0.25, 0.3) is 16.8 Å². The first-order valence-corrected chi connectivity index (χ1v) is 12.1. The largest absolute Gasteiger partial charge is 0.399 e. The van der Waals surface area contributed by atoms with Gasteiger partial charge in [-0.05, 0) is 73.0 Å². The average molecular weight is 521 g/mol. The van der Waals surface area contributed by atoms with Crippen molar-refractivity contribution in [3.8, 4) is 16.8 Å². The molecular weight excluding hydrogens is 495 g/mol. The maximum atomic E-state index is 13.6. The average Bonchev–Trinajstić information content (AvgIpc) is 3.43. The molecule has 7 heteroatoms. The van der Waals surface area contributed by atoms with Gasteiger partial charge in [-0.2, -0.15) is 5.10 Å². The minimum atomic E-state index is -0.291. The number of aromatic nitrogens is 2. The van der Waals surface area contributed by atoms with E-state index in [4.69, 9.17) is 15.6 Å². The molecule has 1 saturated heterocycles. The Labute approximate surface area is 207 Å². The van der Waals surface area contributed by atoms with Crippen LogP contribution in [0.15, 0.2) is 83.5 Å². The molecule has 0 saturated carbocycles. The minimum absolute atomic E-state index is 0.0790. The van der Waals surface area contributed by atoms with Crippen LogP contribution in [0, 0.1) is 5.82 Å². The van der Waals surface area contributed by atoms with Crippen molar-refractivity contribution in [2.45, 2.75) is 25.7 Å². The number of anilines is 1. The molecule has 5 nitrogen and oxygen atoms in total. The predicted molar refractivity (Wildman–Crippen MR) is 136 cm³/mol. The molecule has 0 amide bonds. The highest BCUT2D eigenvalue weighted by molar-refractivity contribution is 9.10. The number of nitrogens with zero attached hydrogens (tertiary/aromatic N) is 3. The molecule has 0 aliphatic carbocycles. The Kier molecular flexibility index (Phi) is 6.50. The van der Waals surface area contributed by atoms with E-state index in [2.05, 4.69) is 39.9 Å². The monoisotopic (exact) mass is 520 g/mol. The maximum absolute atomic E-state index is 13.6. The van der Waals surface area contributed by atoms with Crippen LogP contribution < -0.4 is 5.73 Å². The molecule has 2 heterocycles. The van der Waals surface area contributed by atoms with E-state index in [9.17, 15) is 4.39 Å². The summed E-state index contributed by atoms with van der Waals surface area (Å²) in [7, 11) is 0. The van der Waals surface area contributed by atoms with Crippen LogP contribution in [0.3, 0.4) is 0 Å². The molecule has 1 aliphatic rings. The van der Waals surface area contributed by atoms with Gasteiger partial charge in [-0.15, -0.1) is 0 Å². The molecule has 5 rings (SSSR count). The third-order valence-corrected chi connectivity index (χ3v) is 6.60. The van der Waals surface area contributed by atoms with Crippen molar-refractivity contribution in [1.29, 1.82) is 0 Å². The normalized spacial score (nSPS) is 18.4. The highest BCUT2D eigenvalue weighted by atomic mass is 79.9. The summed E-state index contributed by atoms with van der Waals surface area (Å²) in [5.74, 6) is -0.263. The van der Waals surface area contributed by atoms with Crippen molar-refractivity contribution in [2.24, 2.45) is 0 Å². The molecular formula is C27H26BrFN4O. The van der Waals surface area contributed by atoms with Gasteiger partial charge in [0.05, 0.1) is 11.8 Å². The fraction of sp³-hybridized carbons (Fsp3) is 0.222. The zero-order valence-electron chi connectivity index (χ0n) is 18.9. The highest BCUT2D eigenvalue weighted by Gasteiger charge is 2.35. The smallest absolute Gasteiger partial charge is 0.156 e. The van der Waals surface area contributed by atoms with Crippen LogP contribution in [-0.4, -0.2) is 33.9 Å². The second-order valence-corrected chi connectivity index (χ2v) is 9.56. The Morgan fingerprint density at radius 2 is 1.74 bits per heavy atom. The Hall–Kier alpha value is -3.00. The lowest BCUT2D eigenvalue weighted by Crippen LogP contribution is -2.27. The Bertz CT molecular complexity index is 1260. The van der Waals surface area contributed by atoms with Gasteiger partial charge in [-0.1, -0.05) is 40.2 Å². The lowest BCUT2D eigenvalue weighted by Gasteiger charge is -2.22. The molecule has 0 radical (unpaired) electrons. The summed E-state index contributed by atoms with van der Waals surface area (Å²) >= 11 is 3.49. The fourth-order valence-corrected chi connectivity index (χ4v) is 4.59. The van der Waals surface area contributed by atoms with E-state index in [1.54, 1.807) is 12.1 Å². The van der Waals surface area contributed by atoms with Gasteiger partial charge in [0.2, 0.25) is 0 Å². The van der Waals surface area contributed by atoms with Crippen molar-refractivity contribution in [1.82, 2.24) is 14.7 Å². The number of rotatable bonds is 6. The zero-order valence-corrected chi connectivity index (χ0v) is 20.5. The number of hydrogen-bond acceptors (Lipinski definition) is 4. The fourth-order valence-electron chi connectivity index (χ4n) is 4.33. The zero-order chi connectivity index (χ0) is 23.7. The Balaban J connectivity index is 1.49. The van der Waals surface area contributed by atoms with Crippen LogP contribution >= 0.6 is 15.9 Å². The van der Waals surface area contributed by atoms with Crippen LogP contribution in [0.4, 0.5) is 10.1 Å². The number of nitrogens with two attached hydrogens (primary N) is 1. The van der Waals surface area contributed by atoms with Gasteiger partial charge in [0, 0.05) is 35.0 Å². The van der Waals surface area contributed by atoms with E-state index < -0.39 is 0 Å². The van der Waals surface area contributed by atoms with Crippen molar-refractivity contribution in [3.05, 3.63) is 101 Å². The van der Waals surface area contributed by atoms with E-state index in [1.165, 1.54) is 17.7 Å². The molecule has 34 heavy (non-hydrogen) atoms. The standard InChI is InChI=1S/C27H26BrFN4O/c1-18-16-32(15-14-19-2-10-23(30)11-3-19)27(34-18)26-25(20-4-8-22(29)9-5-20)17-33(31-26)24-12-6-21(28)7-13-24/h2-13,17-18,27H,14-16,30H2,1H3/t18-,27+/m1/s1. The van der Waals surface area contributed by atoms with Gasteiger partial charge in [-0.3, -0.25) is 4.90 Å². The summed E-state index contributed by atoms with van der Waals surface area (Å²) in [6, 6.07) is 22.5. The third-order valence-electron chi connectivity index (χ3n) is 6.07. The lowest BCUT2D eigenvalue weighted by molar-refractivity contribution is 0.00200. The molecule has 174 valence electrons. The van der Waals surface area contributed by atoms with Crippen molar-refractivity contribution < 1.29 is 9.13 Å². The predicted octanol–water partition coefficient (Wildman–Crippen LogP) is 5.99. The third kappa shape index (κ3) is 4.92. The van der Waals surface area contributed by atoms with Crippen LogP contribution in [0.2, 0.25) is 0 Å². The van der Waals surface area contributed by atoms with Crippen LogP contribution in [-0.2, 0) is 11.2 Å². The van der Waals surface area contributed by atoms with E-state index in [1.807, 2.05) is 47.3 Å². The van der Waals surface area contributed by atoms with Crippen LogP contribution in [0.5, 0.6) is 0 Å². The van der Waals surface area contributed by atoms with E-state index in [-0.39, 0.29) is 18.1 Å². The molecule has 4 aromatic rings. The van der Waals surface area contributed by atoms with Gasteiger partial charge in [-0.25, -0.2) is 9.07 Å². The molecule has 0 bridgehead atoms. The van der Waals surface area contributed by atoms with E-state index >= 15 is 0 Å². The molecule has 3 aromatic carbocycles. The number of benzene rings is 3. The molecule has 0 spiro atoms. The number of ether oxygens (including phenoxy) is 1. The van der Waals surface area contributed by atoms with Crippen molar-refractivity contribution >= 4 is 21.6 Å². The quantitative estimate of drug-likeness (QED) is 0.317. The summed E-state index contributed by atoms with van der Waals surface area (Å²) in [5.41, 5.74) is 11.4.